The first-order valence-corrected chi connectivity index (χ1v) is 8.97. The Labute approximate surface area is 148 Å². The van der Waals surface area contributed by atoms with E-state index in [4.69, 9.17) is 4.74 Å². The number of aromatic nitrogens is 3. The van der Waals surface area contributed by atoms with Crippen LogP contribution in [0.15, 0.2) is 29.4 Å². The first-order valence-electron chi connectivity index (χ1n) is 8.97. The van der Waals surface area contributed by atoms with Crippen LogP contribution in [0.1, 0.15) is 19.2 Å². The van der Waals surface area contributed by atoms with E-state index in [1.807, 2.05) is 28.8 Å². The maximum Gasteiger partial charge on any atom is 0.191 e. The summed E-state index contributed by atoms with van der Waals surface area (Å²) in [5.41, 5.74) is 0.844. The van der Waals surface area contributed by atoms with Crippen molar-refractivity contribution in [1.29, 1.82) is 0 Å². The lowest BCUT2D eigenvalue weighted by Gasteiger charge is -2.26. The molecule has 8 heteroatoms. The number of nitrogens with one attached hydrogen (secondary N) is 2. The third-order valence-corrected chi connectivity index (χ3v) is 4.15. The molecule has 2 aromatic heterocycles. The van der Waals surface area contributed by atoms with Crippen LogP contribution in [0.5, 0.6) is 0 Å². The van der Waals surface area contributed by atoms with E-state index in [0.29, 0.717) is 6.54 Å². The minimum absolute atomic E-state index is 0.490. The predicted molar refractivity (Wildman–Crippen MR) is 97.7 cm³/mol. The molecule has 25 heavy (non-hydrogen) atoms. The summed E-state index contributed by atoms with van der Waals surface area (Å²) >= 11 is 0. The van der Waals surface area contributed by atoms with Gasteiger partial charge in [0.25, 0.3) is 0 Å². The molecule has 0 radical (unpaired) electrons. The predicted octanol–water partition coefficient (Wildman–Crippen LogP) is 0.507. The molecular weight excluding hydrogens is 318 g/mol. The molecule has 1 aliphatic rings. The summed E-state index contributed by atoms with van der Waals surface area (Å²) in [5.74, 6) is 1.65. The Kier molecular flexibility index (Phi) is 6.58. The van der Waals surface area contributed by atoms with E-state index >= 15 is 0 Å². The van der Waals surface area contributed by atoms with E-state index in [0.717, 1.165) is 69.8 Å². The van der Waals surface area contributed by atoms with Crippen molar-refractivity contribution in [2.24, 2.45) is 4.99 Å². The molecule has 136 valence electrons. The molecule has 0 spiro atoms. The fourth-order valence-corrected chi connectivity index (χ4v) is 2.82. The number of morpholine rings is 1. The Morgan fingerprint density at radius 2 is 2.12 bits per heavy atom. The number of aliphatic imine (C=N–C) groups is 1. The number of hydrogen-bond acceptors (Lipinski definition) is 5. The van der Waals surface area contributed by atoms with Crippen LogP contribution in [-0.2, 0) is 11.3 Å². The van der Waals surface area contributed by atoms with Gasteiger partial charge in [0.15, 0.2) is 17.4 Å². The second-order valence-corrected chi connectivity index (χ2v) is 5.97. The van der Waals surface area contributed by atoms with Gasteiger partial charge in [-0.1, -0.05) is 6.07 Å². The lowest BCUT2D eigenvalue weighted by Crippen LogP contribution is -2.40. The van der Waals surface area contributed by atoms with Crippen LogP contribution >= 0.6 is 0 Å². The normalized spacial score (nSPS) is 16.3. The molecule has 8 nitrogen and oxygen atoms in total. The van der Waals surface area contributed by atoms with Gasteiger partial charge in [0.1, 0.15) is 6.54 Å². The van der Waals surface area contributed by atoms with Gasteiger partial charge in [-0.05, 0) is 32.0 Å². The Morgan fingerprint density at radius 3 is 2.96 bits per heavy atom. The third-order valence-electron chi connectivity index (χ3n) is 4.15. The summed E-state index contributed by atoms with van der Waals surface area (Å²) in [6, 6.07) is 5.87. The van der Waals surface area contributed by atoms with Crippen molar-refractivity contribution < 1.29 is 4.74 Å². The number of nitrogens with zero attached hydrogens (tertiary/aromatic N) is 5. The van der Waals surface area contributed by atoms with Crippen LogP contribution in [0, 0.1) is 0 Å². The quantitative estimate of drug-likeness (QED) is 0.432. The Balaban J connectivity index is 1.48. The lowest BCUT2D eigenvalue weighted by molar-refractivity contribution is 0.0376. The molecule has 2 aromatic rings. The SMILES string of the molecule is CCNC(=NCc1nnc2ccccn12)NCCCN1CCOCC1. The molecule has 0 aromatic carbocycles. The minimum atomic E-state index is 0.490. The monoisotopic (exact) mass is 345 g/mol. The van der Waals surface area contributed by atoms with Crippen molar-refractivity contribution in [3.05, 3.63) is 30.2 Å². The highest BCUT2D eigenvalue weighted by atomic mass is 16.5. The minimum Gasteiger partial charge on any atom is -0.379 e. The zero-order chi connectivity index (χ0) is 17.3. The Morgan fingerprint density at radius 1 is 1.24 bits per heavy atom. The molecule has 1 fully saturated rings. The van der Waals surface area contributed by atoms with Crippen LogP contribution in [-0.4, -0.2) is 71.4 Å². The van der Waals surface area contributed by atoms with Crippen molar-refractivity contribution in [2.75, 3.05) is 45.9 Å². The van der Waals surface area contributed by atoms with E-state index in [1.165, 1.54) is 0 Å². The highest BCUT2D eigenvalue weighted by Gasteiger charge is 2.09. The number of guanidine groups is 1. The zero-order valence-corrected chi connectivity index (χ0v) is 14.8. The Bertz CT molecular complexity index is 678. The molecule has 1 saturated heterocycles. The highest BCUT2D eigenvalue weighted by molar-refractivity contribution is 5.79. The number of pyridine rings is 1. The molecule has 3 rings (SSSR count). The largest absolute Gasteiger partial charge is 0.379 e. The molecular formula is C17H27N7O. The Hall–Kier alpha value is -2.19. The summed E-state index contributed by atoms with van der Waals surface area (Å²) in [7, 11) is 0. The van der Waals surface area contributed by atoms with Crippen molar-refractivity contribution in [1.82, 2.24) is 30.1 Å². The fourth-order valence-electron chi connectivity index (χ4n) is 2.82. The maximum absolute atomic E-state index is 5.37. The second kappa shape index (κ2) is 9.33. The highest BCUT2D eigenvalue weighted by Crippen LogP contribution is 2.03. The van der Waals surface area contributed by atoms with Gasteiger partial charge in [-0.25, -0.2) is 4.99 Å². The van der Waals surface area contributed by atoms with Crippen LogP contribution < -0.4 is 10.6 Å². The zero-order valence-electron chi connectivity index (χ0n) is 14.8. The van der Waals surface area contributed by atoms with Gasteiger partial charge in [0.2, 0.25) is 0 Å². The van der Waals surface area contributed by atoms with Crippen LogP contribution in [0.3, 0.4) is 0 Å². The van der Waals surface area contributed by atoms with Crippen molar-refractivity contribution in [3.8, 4) is 0 Å². The average Bonchev–Trinajstić information content (AvgIpc) is 3.07. The first-order chi connectivity index (χ1) is 12.4. The number of fused-ring (bicyclic) bond motifs is 1. The van der Waals surface area contributed by atoms with Crippen LogP contribution in [0.4, 0.5) is 0 Å². The number of hydrogen-bond donors (Lipinski definition) is 2. The van der Waals surface area contributed by atoms with Gasteiger partial charge in [0, 0.05) is 32.4 Å². The van der Waals surface area contributed by atoms with E-state index in [1.54, 1.807) is 0 Å². The molecule has 0 aliphatic carbocycles. The van der Waals surface area contributed by atoms with E-state index in [2.05, 4.69) is 37.6 Å². The van der Waals surface area contributed by atoms with Crippen molar-refractivity contribution >= 4 is 11.6 Å². The van der Waals surface area contributed by atoms with Crippen molar-refractivity contribution in [3.63, 3.8) is 0 Å². The van der Waals surface area contributed by atoms with E-state index in [-0.39, 0.29) is 0 Å². The molecule has 0 unspecified atom stereocenters. The number of rotatable bonds is 7. The van der Waals surface area contributed by atoms with Gasteiger partial charge in [0.05, 0.1) is 13.2 Å². The van der Waals surface area contributed by atoms with E-state index < -0.39 is 0 Å². The summed E-state index contributed by atoms with van der Waals surface area (Å²) in [6.07, 6.45) is 3.04. The molecule has 3 heterocycles. The van der Waals surface area contributed by atoms with Crippen LogP contribution in [0.2, 0.25) is 0 Å². The second-order valence-electron chi connectivity index (χ2n) is 5.97. The maximum atomic E-state index is 5.37. The molecule has 0 amide bonds. The molecule has 0 bridgehead atoms. The average molecular weight is 345 g/mol. The van der Waals surface area contributed by atoms with Crippen LogP contribution in [0.25, 0.3) is 5.65 Å². The molecule has 1 aliphatic heterocycles. The number of ether oxygens (including phenoxy) is 1. The topological polar surface area (TPSA) is 79.1 Å². The summed E-state index contributed by atoms with van der Waals surface area (Å²) < 4.78 is 7.34. The van der Waals surface area contributed by atoms with Gasteiger partial charge in [-0.3, -0.25) is 9.30 Å². The molecule has 2 N–H and O–H groups in total. The smallest absolute Gasteiger partial charge is 0.191 e. The summed E-state index contributed by atoms with van der Waals surface area (Å²) in [5, 5.41) is 15.0. The fraction of sp³-hybridized carbons (Fsp3) is 0.588. The van der Waals surface area contributed by atoms with Crippen molar-refractivity contribution in [2.45, 2.75) is 19.9 Å². The standard InChI is InChI=1S/C17H27N7O/c1-2-18-17(19-7-5-8-23-10-12-25-13-11-23)20-14-16-22-21-15-6-3-4-9-24(15)16/h3-4,6,9H,2,5,7-8,10-14H2,1H3,(H2,18,19,20). The molecule has 0 atom stereocenters. The van der Waals surface area contributed by atoms with Gasteiger partial charge >= 0.3 is 0 Å². The van der Waals surface area contributed by atoms with Gasteiger partial charge in [-0.15, -0.1) is 10.2 Å². The van der Waals surface area contributed by atoms with E-state index in [9.17, 15) is 0 Å². The molecule has 0 saturated carbocycles. The first kappa shape index (κ1) is 17.6. The van der Waals surface area contributed by atoms with Gasteiger partial charge < -0.3 is 15.4 Å². The summed E-state index contributed by atoms with van der Waals surface area (Å²) in [6.45, 7) is 9.14. The lowest BCUT2D eigenvalue weighted by atomic mass is 10.3. The third kappa shape index (κ3) is 5.14. The van der Waals surface area contributed by atoms with Gasteiger partial charge in [-0.2, -0.15) is 0 Å². The summed E-state index contributed by atoms with van der Waals surface area (Å²) in [4.78, 5) is 7.07.